The van der Waals surface area contributed by atoms with Crippen LogP contribution in [0.4, 0.5) is 4.39 Å². The van der Waals surface area contributed by atoms with Crippen LogP contribution >= 0.6 is 0 Å². The molecule has 6 nitrogen and oxygen atoms in total. The quantitative estimate of drug-likeness (QED) is 0.397. The van der Waals surface area contributed by atoms with Gasteiger partial charge in [-0.15, -0.1) is 6.58 Å². The average molecular weight is 380 g/mol. The third kappa shape index (κ3) is 2.47. The van der Waals surface area contributed by atoms with Gasteiger partial charge in [0.1, 0.15) is 11.5 Å². The van der Waals surface area contributed by atoms with Gasteiger partial charge < -0.3 is 18.4 Å². The number of fused-ring (bicyclic) bond motifs is 5. The zero-order valence-electron chi connectivity index (χ0n) is 15.4. The van der Waals surface area contributed by atoms with E-state index in [1.54, 1.807) is 28.7 Å². The molecule has 0 atom stereocenters. The van der Waals surface area contributed by atoms with E-state index in [0.29, 0.717) is 28.4 Å². The predicted octanol–water partition coefficient (Wildman–Crippen LogP) is 3.95. The van der Waals surface area contributed by atoms with E-state index >= 15 is 0 Å². The Kier molecular flexibility index (Phi) is 4.15. The van der Waals surface area contributed by atoms with Gasteiger partial charge >= 0.3 is 11.9 Å². The predicted molar refractivity (Wildman–Crippen MR) is 103 cm³/mol. The van der Waals surface area contributed by atoms with Crippen LogP contribution in [0.25, 0.3) is 27.3 Å². The Morgan fingerprint density at radius 1 is 1.07 bits per heavy atom. The average Bonchev–Trinajstić information content (AvgIpc) is 3.26. The number of carbonyl (C=O) groups is 2. The summed E-state index contributed by atoms with van der Waals surface area (Å²) in [6.45, 7) is 4.27. The number of carbonyl (C=O) groups excluding carboxylic acids is 2. The molecule has 0 bridgehead atoms. The van der Waals surface area contributed by atoms with E-state index in [4.69, 9.17) is 9.47 Å². The summed E-state index contributed by atoms with van der Waals surface area (Å²) >= 11 is 0. The number of nitrogens with zero attached hydrogens (tertiary/aromatic N) is 2. The number of hydrogen-bond donors (Lipinski definition) is 0. The van der Waals surface area contributed by atoms with Crippen LogP contribution in [0.1, 0.15) is 20.8 Å². The molecule has 0 fully saturated rings. The fourth-order valence-corrected chi connectivity index (χ4v) is 3.64. The highest BCUT2D eigenvalue weighted by molar-refractivity contribution is 6.15. The molecule has 28 heavy (non-hydrogen) atoms. The lowest BCUT2D eigenvalue weighted by atomic mass is 10.1. The SMILES string of the molecule is C=CCn1c2ccc(F)cc2c2cc(C(=O)OC)n3cc(C(=O)OC)cc3c21. The molecule has 0 aliphatic carbocycles. The topological polar surface area (TPSA) is 61.9 Å². The minimum Gasteiger partial charge on any atom is -0.465 e. The van der Waals surface area contributed by atoms with Gasteiger partial charge in [0.15, 0.2) is 0 Å². The van der Waals surface area contributed by atoms with Crippen LogP contribution < -0.4 is 0 Å². The maximum Gasteiger partial charge on any atom is 0.355 e. The van der Waals surface area contributed by atoms with Crippen LogP contribution in [0, 0.1) is 5.82 Å². The molecule has 3 heterocycles. The van der Waals surface area contributed by atoms with Gasteiger partial charge in [-0.1, -0.05) is 6.08 Å². The lowest BCUT2D eigenvalue weighted by Crippen LogP contribution is -2.08. The number of ether oxygens (including phenoxy) is 2. The van der Waals surface area contributed by atoms with Gasteiger partial charge in [-0.25, -0.2) is 14.0 Å². The molecule has 0 spiro atoms. The first kappa shape index (κ1) is 17.8. The summed E-state index contributed by atoms with van der Waals surface area (Å²) in [6.07, 6.45) is 3.26. The summed E-state index contributed by atoms with van der Waals surface area (Å²) in [6, 6.07) is 7.80. The fourth-order valence-electron chi connectivity index (χ4n) is 3.64. The molecule has 1 aromatic carbocycles. The molecule has 0 amide bonds. The van der Waals surface area contributed by atoms with Crippen molar-refractivity contribution in [3.63, 3.8) is 0 Å². The van der Waals surface area contributed by atoms with Crippen molar-refractivity contribution in [2.24, 2.45) is 0 Å². The molecule has 4 aromatic rings. The van der Waals surface area contributed by atoms with E-state index in [1.165, 1.54) is 32.5 Å². The largest absolute Gasteiger partial charge is 0.465 e. The van der Waals surface area contributed by atoms with Gasteiger partial charge in [0.2, 0.25) is 0 Å². The summed E-state index contributed by atoms with van der Waals surface area (Å²) < 4.78 is 27.2. The van der Waals surface area contributed by atoms with Crippen molar-refractivity contribution < 1.29 is 23.5 Å². The van der Waals surface area contributed by atoms with Crippen LogP contribution in [-0.4, -0.2) is 35.1 Å². The standard InChI is InChI=1S/C21H17FN2O4/c1-4-7-23-16-6-5-13(22)9-14(16)15-10-18(21(26)28-3)24-11-12(20(25)27-2)8-17(24)19(15)23/h4-6,8-11H,1,7H2,2-3H3. The molecular formula is C21H17FN2O4. The second-order valence-electron chi connectivity index (χ2n) is 6.32. The van der Waals surface area contributed by atoms with Crippen LogP contribution in [0.3, 0.4) is 0 Å². The number of esters is 2. The maximum atomic E-state index is 14.0. The van der Waals surface area contributed by atoms with E-state index in [1.807, 2.05) is 4.57 Å². The summed E-state index contributed by atoms with van der Waals surface area (Å²) in [5.74, 6) is -1.47. The Morgan fingerprint density at radius 2 is 1.82 bits per heavy atom. The minimum absolute atomic E-state index is 0.224. The van der Waals surface area contributed by atoms with Crippen molar-refractivity contribution in [1.82, 2.24) is 8.97 Å². The molecule has 0 unspecified atom stereocenters. The lowest BCUT2D eigenvalue weighted by Gasteiger charge is -2.08. The third-order valence-corrected chi connectivity index (χ3v) is 4.80. The van der Waals surface area contributed by atoms with Crippen molar-refractivity contribution in [1.29, 1.82) is 0 Å². The minimum atomic E-state index is -0.570. The molecule has 0 aliphatic rings. The first-order valence-electron chi connectivity index (χ1n) is 8.54. The van der Waals surface area contributed by atoms with E-state index in [9.17, 15) is 14.0 Å². The van der Waals surface area contributed by atoms with Crippen molar-refractivity contribution >= 4 is 39.3 Å². The van der Waals surface area contributed by atoms with Gasteiger partial charge in [-0.2, -0.15) is 0 Å². The van der Waals surface area contributed by atoms with Crippen LogP contribution in [-0.2, 0) is 16.0 Å². The first-order valence-corrected chi connectivity index (χ1v) is 8.54. The summed E-state index contributed by atoms with van der Waals surface area (Å²) in [7, 11) is 2.57. The van der Waals surface area contributed by atoms with Crippen LogP contribution in [0.5, 0.6) is 0 Å². The number of aromatic nitrogens is 2. The van der Waals surface area contributed by atoms with E-state index in [0.717, 1.165) is 11.0 Å². The zero-order valence-corrected chi connectivity index (χ0v) is 15.4. The molecule has 0 aliphatic heterocycles. The van der Waals surface area contributed by atoms with Gasteiger partial charge in [0.25, 0.3) is 0 Å². The fraction of sp³-hybridized carbons (Fsp3) is 0.143. The zero-order chi connectivity index (χ0) is 20.0. The lowest BCUT2D eigenvalue weighted by molar-refractivity contribution is 0.0583. The monoisotopic (exact) mass is 380 g/mol. The highest BCUT2D eigenvalue weighted by atomic mass is 19.1. The van der Waals surface area contributed by atoms with Crippen molar-refractivity contribution in [3.05, 3.63) is 66.3 Å². The molecule has 7 heteroatoms. The highest BCUT2D eigenvalue weighted by Gasteiger charge is 2.22. The third-order valence-electron chi connectivity index (χ3n) is 4.80. The van der Waals surface area contributed by atoms with Gasteiger partial charge in [0.05, 0.1) is 30.8 Å². The van der Waals surface area contributed by atoms with Gasteiger partial charge in [0, 0.05) is 29.0 Å². The van der Waals surface area contributed by atoms with Gasteiger partial charge in [-0.3, -0.25) is 0 Å². The number of allylic oxidation sites excluding steroid dienone is 1. The Morgan fingerprint density at radius 3 is 2.50 bits per heavy atom. The Labute approximate surface area is 159 Å². The Hall–Kier alpha value is -3.61. The number of methoxy groups -OCH3 is 2. The molecular weight excluding hydrogens is 363 g/mol. The molecule has 0 saturated heterocycles. The number of pyridine rings is 1. The molecule has 0 radical (unpaired) electrons. The van der Waals surface area contributed by atoms with Crippen molar-refractivity contribution in [2.75, 3.05) is 14.2 Å². The van der Waals surface area contributed by atoms with Gasteiger partial charge in [-0.05, 0) is 30.3 Å². The number of hydrogen-bond acceptors (Lipinski definition) is 4. The first-order chi connectivity index (χ1) is 13.5. The summed E-state index contributed by atoms with van der Waals surface area (Å²) in [5.41, 5.74) is 2.67. The van der Waals surface area contributed by atoms with Crippen LogP contribution in [0.2, 0.25) is 0 Å². The molecule has 0 saturated carbocycles. The summed E-state index contributed by atoms with van der Waals surface area (Å²) in [4.78, 5) is 24.5. The second kappa shape index (κ2) is 6.53. The van der Waals surface area contributed by atoms with E-state index < -0.39 is 11.9 Å². The smallest absolute Gasteiger partial charge is 0.355 e. The van der Waals surface area contributed by atoms with Crippen LogP contribution in [0.15, 0.2) is 49.2 Å². The second-order valence-corrected chi connectivity index (χ2v) is 6.32. The number of benzene rings is 1. The maximum absolute atomic E-state index is 14.0. The van der Waals surface area contributed by atoms with Crippen molar-refractivity contribution in [2.45, 2.75) is 6.54 Å². The van der Waals surface area contributed by atoms with Crippen molar-refractivity contribution in [3.8, 4) is 0 Å². The number of rotatable bonds is 4. The summed E-state index contributed by atoms with van der Waals surface area (Å²) in [5, 5.41) is 1.34. The normalized spacial score (nSPS) is 11.2. The molecule has 0 N–H and O–H groups in total. The van der Waals surface area contributed by atoms with E-state index in [2.05, 4.69) is 6.58 Å². The van der Waals surface area contributed by atoms with E-state index in [-0.39, 0.29) is 11.5 Å². The molecule has 4 rings (SSSR count). The number of halogens is 1. The molecule has 142 valence electrons. The molecule has 3 aromatic heterocycles. The highest BCUT2D eigenvalue weighted by Crippen LogP contribution is 2.34. The Bertz CT molecular complexity index is 1280. The Balaban J connectivity index is 2.25.